The number of aryl methyl sites for hydroxylation is 1. The van der Waals surface area contributed by atoms with Crippen molar-refractivity contribution in [3.8, 4) is 0 Å². The lowest BCUT2D eigenvalue weighted by atomic mass is 9.85. The van der Waals surface area contributed by atoms with Crippen LogP contribution in [0.3, 0.4) is 0 Å². The summed E-state index contributed by atoms with van der Waals surface area (Å²) in [4.78, 5) is 25.4. The van der Waals surface area contributed by atoms with Gasteiger partial charge in [0.25, 0.3) is 5.56 Å². The van der Waals surface area contributed by atoms with E-state index in [0.29, 0.717) is 18.5 Å². The van der Waals surface area contributed by atoms with Crippen molar-refractivity contribution < 1.29 is 18.0 Å². The van der Waals surface area contributed by atoms with E-state index in [1.54, 1.807) is 20.0 Å². The normalized spacial score (nSPS) is 22.0. The van der Waals surface area contributed by atoms with Crippen LogP contribution in [-0.4, -0.2) is 39.9 Å². The highest BCUT2D eigenvalue weighted by atomic mass is 19.4. The van der Waals surface area contributed by atoms with Crippen molar-refractivity contribution in [1.29, 1.82) is 0 Å². The number of likely N-dealkylation sites (N-methyl/N-ethyl adjacent to an activating group) is 1. The first kappa shape index (κ1) is 17.5. The molecule has 128 valence electrons. The fourth-order valence-electron chi connectivity index (χ4n) is 2.90. The number of hydrogen-bond acceptors (Lipinski definition) is 3. The SMILES string of the molecule is Cc1ccc(=O)n(CC(=O)N(C)C2CCC(C(F)(F)F)CC2)n1. The van der Waals surface area contributed by atoms with Gasteiger partial charge in [-0.05, 0) is 38.7 Å². The second-order valence-electron chi connectivity index (χ2n) is 6.02. The lowest BCUT2D eigenvalue weighted by Gasteiger charge is -2.35. The molecule has 1 aliphatic rings. The van der Waals surface area contributed by atoms with Crippen LogP contribution in [0.4, 0.5) is 13.2 Å². The Morgan fingerprint density at radius 1 is 1.30 bits per heavy atom. The largest absolute Gasteiger partial charge is 0.391 e. The molecule has 0 aromatic carbocycles. The maximum absolute atomic E-state index is 12.7. The molecule has 1 amide bonds. The molecule has 0 saturated heterocycles. The standard InChI is InChI=1S/C15H20F3N3O2/c1-10-3-8-13(22)21(19-10)9-14(23)20(2)12-6-4-11(5-7-12)15(16,17)18/h3,8,11-12H,4-7,9H2,1-2H3. The Morgan fingerprint density at radius 3 is 2.48 bits per heavy atom. The van der Waals surface area contributed by atoms with E-state index in [1.165, 1.54) is 11.0 Å². The molecule has 0 N–H and O–H groups in total. The number of alkyl halides is 3. The third kappa shape index (κ3) is 4.33. The van der Waals surface area contributed by atoms with Gasteiger partial charge in [-0.1, -0.05) is 0 Å². The number of carbonyl (C=O) groups is 1. The fraction of sp³-hybridized carbons (Fsp3) is 0.667. The molecule has 23 heavy (non-hydrogen) atoms. The molecule has 1 saturated carbocycles. The van der Waals surface area contributed by atoms with Crippen molar-refractivity contribution >= 4 is 5.91 Å². The van der Waals surface area contributed by atoms with Crippen LogP contribution in [0.1, 0.15) is 31.4 Å². The van der Waals surface area contributed by atoms with Gasteiger partial charge in [0.1, 0.15) is 6.54 Å². The lowest BCUT2D eigenvalue weighted by molar-refractivity contribution is -0.184. The summed E-state index contributed by atoms with van der Waals surface area (Å²) in [5.74, 6) is -1.59. The summed E-state index contributed by atoms with van der Waals surface area (Å²) in [7, 11) is 1.57. The molecule has 1 aromatic heterocycles. The summed E-state index contributed by atoms with van der Waals surface area (Å²) in [6, 6.07) is 2.68. The first-order chi connectivity index (χ1) is 10.7. The molecule has 5 nitrogen and oxygen atoms in total. The van der Waals surface area contributed by atoms with E-state index in [9.17, 15) is 22.8 Å². The summed E-state index contributed by atoms with van der Waals surface area (Å²) in [5.41, 5.74) is 0.240. The number of carbonyl (C=O) groups excluding carboxylic acids is 1. The van der Waals surface area contributed by atoms with Crippen molar-refractivity contribution in [3.63, 3.8) is 0 Å². The predicted molar refractivity (Wildman–Crippen MR) is 77.8 cm³/mol. The van der Waals surface area contributed by atoms with E-state index in [0.717, 1.165) is 4.68 Å². The number of rotatable bonds is 3. The summed E-state index contributed by atoms with van der Waals surface area (Å²) in [6.45, 7) is 1.51. The zero-order chi connectivity index (χ0) is 17.2. The zero-order valence-electron chi connectivity index (χ0n) is 13.1. The summed E-state index contributed by atoms with van der Waals surface area (Å²) in [6.07, 6.45) is -3.44. The van der Waals surface area contributed by atoms with Gasteiger partial charge in [0.05, 0.1) is 11.6 Å². The highest BCUT2D eigenvalue weighted by Gasteiger charge is 2.42. The fourth-order valence-corrected chi connectivity index (χ4v) is 2.90. The van der Waals surface area contributed by atoms with Gasteiger partial charge >= 0.3 is 6.18 Å². The van der Waals surface area contributed by atoms with E-state index in [1.807, 2.05) is 0 Å². The van der Waals surface area contributed by atoms with E-state index in [-0.39, 0.29) is 36.9 Å². The van der Waals surface area contributed by atoms with Crippen LogP contribution < -0.4 is 5.56 Å². The van der Waals surface area contributed by atoms with Crippen LogP contribution in [0.2, 0.25) is 0 Å². The molecular formula is C15H20F3N3O2. The average Bonchev–Trinajstić information content (AvgIpc) is 2.49. The third-order valence-electron chi connectivity index (χ3n) is 4.39. The quantitative estimate of drug-likeness (QED) is 0.853. The Hall–Kier alpha value is -1.86. The molecule has 1 aromatic rings. The molecule has 8 heteroatoms. The number of nitrogens with zero attached hydrogens (tertiary/aromatic N) is 3. The zero-order valence-corrected chi connectivity index (χ0v) is 13.1. The Balaban J connectivity index is 1.96. The topological polar surface area (TPSA) is 55.2 Å². The highest BCUT2D eigenvalue weighted by Crippen LogP contribution is 2.38. The van der Waals surface area contributed by atoms with Crippen LogP contribution >= 0.6 is 0 Å². The Morgan fingerprint density at radius 2 is 1.91 bits per heavy atom. The van der Waals surface area contributed by atoms with Gasteiger partial charge in [-0.15, -0.1) is 0 Å². The van der Waals surface area contributed by atoms with Crippen LogP contribution in [-0.2, 0) is 11.3 Å². The minimum absolute atomic E-state index is 0.0361. The molecule has 1 aliphatic carbocycles. The predicted octanol–water partition coefficient (Wildman–Crippen LogP) is 2.13. The van der Waals surface area contributed by atoms with Gasteiger partial charge in [-0.3, -0.25) is 9.59 Å². The van der Waals surface area contributed by atoms with Crippen LogP contribution in [0.25, 0.3) is 0 Å². The van der Waals surface area contributed by atoms with Crippen molar-refractivity contribution in [1.82, 2.24) is 14.7 Å². The van der Waals surface area contributed by atoms with Crippen LogP contribution in [0.5, 0.6) is 0 Å². The number of amides is 1. The molecule has 0 atom stereocenters. The van der Waals surface area contributed by atoms with E-state index >= 15 is 0 Å². The smallest absolute Gasteiger partial charge is 0.341 e. The number of hydrogen-bond donors (Lipinski definition) is 0. The van der Waals surface area contributed by atoms with Gasteiger partial charge in [0.15, 0.2) is 0 Å². The van der Waals surface area contributed by atoms with Crippen LogP contribution in [0, 0.1) is 12.8 Å². The molecule has 0 aliphatic heterocycles. The van der Waals surface area contributed by atoms with Gasteiger partial charge < -0.3 is 4.90 Å². The summed E-state index contributed by atoms with van der Waals surface area (Å²) < 4.78 is 39.1. The second-order valence-corrected chi connectivity index (χ2v) is 6.02. The third-order valence-corrected chi connectivity index (χ3v) is 4.39. The van der Waals surface area contributed by atoms with Gasteiger partial charge in [-0.2, -0.15) is 18.3 Å². The Labute approximate surface area is 132 Å². The van der Waals surface area contributed by atoms with Crippen LogP contribution in [0.15, 0.2) is 16.9 Å². The maximum Gasteiger partial charge on any atom is 0.391 e. The molecule has 2 rings (SSSR count). The molecular weight excluding hydrogens is 311 g/mol. The minimum Gasteiger partial charge on any atom is -0.341 e. The maximum atomic E-state index is 12.7. The average molecular weight is 331 g/mol. The summed E-state index contributed by atoms with van der Waals surface area (Å²) in [5, 5.41) is 3.99. The van der Waals surface area contributed by atoms with Crippen molar-refractivity contribution in [2.75, 3.05) is 7.05 Å². The second kappa shape index (κ2) is 6.72. The molecule has 0 bridgehead atoms. The van der Waals surface area contributed by atoms with E-state index in [2.05, 4.69) is 5.10 Å². The highest BCUT2D eigenvalue weighted by molar-refractivity contribution is 5.75. The molecule has 0 spiro atoms. The number of halogens is 3. The monoisotopic (exact) mass is 331 g/mol. The van der Waals surface area contributed by atoms with Crippen molar-refractivity contribution in [3.05, 3.63) is 28.2 Å². The first-order valence-electron chi connectivity index (χ1n) is 7.55. The van der Waals surface area contributed by atoms with E-state index < -0.39 is 12.1 Å². The molecule has 1 heterocycles. The Bertz CT molecular complexity index is 619. The molecule has 0 unspecified atom stereocenters. The Kier molecular flexibility index (Phi) is 5.11. The molecule has 1 fully saturated rings. The molecule has 0 radical (unpaired) electrons. The minimum atomic E-state index is -4.16. The van der Waals surface area contributed by atoms with Gasteiger partial charge in [-0.25, -0.2) is 4.68 Å². The lowest BCUT2D eigenvalue weighted by Crippen LogP contribution is -2.43. The van der Waals surface area contributed by atoms with Crippen molar-refractivity contribution in [2.24, 2.45) is 5.92 Å². The summed E-state index contributed by atoms with van der Waals surface area (Å²) >= 11 is 0. The number of aromatic nitrogens is 2. The van der Waals surface area contributed by atoms with Gasteiger partial charge in [0.2, 0.25) is 5.91 Å². The van der Waals surface area contributed by atoms with Crippen molar-refractivity contribution in [2.45, 2.75) is 51.4 Å². The van der Waals surface area contributed by atoms with Gasteiger partial charge in [0, 0.05) is 19.2 Å². The first-order valence-corrected chi connectivity index (χ1v) is 7.55. The van der Waals surface area contributed by atoms with E-state index in [4.69, 9.17) is 0 Å².